The number of fused-ring (bicyclic) bond motifs is 4. The van der Waals surface area contributed by atoms with Gasteiger partial charge in [-0.05, 0) is 31.2 Å². The zero-order chi connectivity index (χ0) is 11.4. The number of thiophene rings is 1. The average Bonchev–Trinajstić information content (AvgIpc) is 2.84. The second-order valence-corrected chi connectivity index (χ2v) is 6.01. The van der Waals surface area contributed by atoms with Crippen LogP contribution in [-0.4, -0.2) is 23.3 Å². The summed E-state index contributed by atoms with van der Waals surface area (Å²) in [5.41, 5.74) is 2.61. The zero-order valence-electron chi connectivity index (χ0n) is 9.45. The molecule has 1 aromatic heterocycles. The Kier molecular flexibility index (Phi) is 1.88. The first-order chi connectivity index (χ1) is 8.31. The third-order valence-electron chi connectivity index (χ3n) is 3.65. The Labute approximate surface area is 103 Å². The summed E-state index contributed by atoms with van der Waals surface area (Å²) in [7, 11) is 0. The van der Waals surface area contributed by atoms with E-state index < -0.39 is 0 Å². The Bertz CT molecular complexity index is 546. The van der Waals surface area contributed by atoms with Crippen LogP contribution < -0.4 is 5.32 Å². The van der Waals surface area contributed by atoms with Gasteiger partial charge in [-0.1, -0.05) is 0 Å². The normalized spacial score (nSPS) is 21.5. The number of carbonyl (C=O) groups excluding carboxylic acids is 1. The highest BCUT2D eigenvalue weighted by molar-refractivity contribution is 7.12. The molecule has 1 fully saturated rings. The second kappa shape index (κ2) is 3.32. The monoisotopic (exact) mass is 247 g/mol. The molecule has 0 spiro atoms. The molecule has 0 radical (unpaired) electrons. The Morgan fingerprint density at radius 1 is 1.18 bits per heavy atom. The molecule has 1 aromatic rings. The van der Waals surface area contributed by atoms with Crippen LogP contribution in [0.25, 0.3) is 0 Å². The minimum absolute atomic E-state index is 0.0628. The highest BCUT2D eigenvalue weighted by Crippen LogP contribution is 2.42. The lowest BCUT2D eigenvalue weighted by Crippen LogP contribution is -2.31. The van der Waals surface area contributed by atoms with E-state index in [9.17, 15) is 4.79 Å². The number of aliphatic imine (C=N–C) groups is 1. The first-order valence-corrected chi connectivity index (χ1v) is 6.90. The van der Waals surface area contributed by atoms with Crippen molar-refractivity contribution in [1.82, 2.24) is 10.2 Å². The van der Waals surface area contributed by atoms with E-state index in [0.29, 0.717) is 6.54 Å². The summed E-state index contributed by atoms with van der Waals surface area (Å²) in [5.74, 6) is 0.821. The Morgan fingerprint density at radius 2 is 2.06 bits per heavy atom. The van der Waals surface area contributed by atoms with Gasteiger partial charge in [-0.25, -0.2) is 4.99 Å². The molecular weight excluding hydrogens is 234 g/mol. The van der Waals surface area contributed by atoms with E-state index in [1.807, 2.05) is 16.2 Å². The van der Waals surface area contributed by atoms with Crippen LogP contribution in [0.2, 0.25) is 0 Å². The molecule has 0 atom stereocenters. The van der Waals surface area contributed by atoms with Gasteiger partial charge in [0.15, 0.2) is 0 Å². The SMILES string of the molecule is O=C1CN2Cc3sc4c(c3N=C2N1)CCCC4. The van der Waals surface area contributed by atoms with Crippen molar-refractivity contribution < 1.29 is 4.79 Å². The second-order valence-electron chi connectivity index (χ2n) is 4.82. The van der Waals surface area contributed by atoms with Crippen LogP contribution >= 0.6 is 11.3 Å². The van der Waals surface area contributed by atoms with Gasteiger partial charge in [0, 0.05) is 4.88 Å². The predicted molar refractivity (Wildman–Crippen MR) is 66.6 cm³/mol. The Balaban J connectivity index is 1.82. The fourth-order valence-electron chi connectivity index (χ4n) is 2.84. The summed E-state index contributed by atoms with van der Waals surface area (Å²) < 4.78 is 0. The van der Waals surface area contributed by atoms with Gasteiger partial charge in [0.25, 0.3) is 0 Å². The highest BCUT2D eigenvalue weighted by atomic mass is 32.1. The van der Waals surface area contributed by atoms with Crippen LogP contribution in [0, 0.1) is 0 Å². The molecule has 0 bridgehead atoms. The zero-order valence-corrected chi connectivity index (χ0v) is 10.3. The molecule has 88 valence electrons. The van der Waals surface area contributed by atoms with Crippen molar-refractivity contribution in [1.29, 1.82) is 0 Å². The van der Waals surface area contributed by atoms with Gasteiger partial charge >= 0.3 is 0 Å². The van der Waals surface area contributed by atoms with Crippen molar-refractivity contribution in [2.45, 2.75) is 32.2 Å². The Hall–Kier alpha value is -1.36. The summed E-state index contributed by atoms with van der Waals surface area (Å²) in [6.45, 7) is 1.31. The van der Waals surface area contributed by atoms with Crippen molar-refractivity contribution in [3.8, 4) is 0 Å². The number of carbonyl (C=O) groups is 1. The van der Waals surface area contributed by atoms with Gasteiger partial charge < -0.3 is 4.90 Å². The third-order valence-corrected chi connectivity index (χ3v) is 4.92. The van der Waals surface area contributed by atoms with E-state index in [1.165, 1.54) is 34.6 Å². The van der Waals surface area contributed by atoms with Crippen LogP contribution in [0.3, 0.4) is 0 Å². The van der Waals surface area contributed by atoms with Crippen LogP contribution in [0.15, 0.2) is 4.99 Å². The Morgan fingerprint density at radius 3 is 3.00 bits per heavy atom. The fraction of sp³-hybridized carbons (Fsp3) is 0.500. The van der Waals surface area contributed by atoms with E-state index in [0.717, 1.165) is 24.6 Å². The maximum absolute atomic E-state index is 11.3. The number of aryl methyl sites for hydroxylation is 1. The molecule has 5 heteroatoms. The standard InChI is InChI=1S/C12H13N3OS/c16-10-6-15-5-9-11(14-12(15)13-10)7-3-1-2-4-8(7)17-9/h1-6H2,(H,13,14,16). The molecule has 1 N–H and O–H groups in total. The van der Waals surface area contributed by atoms with E-state index >= 15 is 0 Å². The van der Waals surface area contributed by atoms with E-state index in [4.69, 9.17) is 0 Å². The molecular formula is C12H13N3OS. The van der Waals surface area contributed by atoms with E-state index in [2.05, 4.69) is 10.3 Å². The van der Waals surface area contributed by atoms with Gasteiger partial charge in [0.05, 0.1) is 17.1 Å². The average molecular weight is 247 g/mol. The summed E-state index contributed by atoms with van der Waals surface area (Å²) >= 11 is 1.90. The minimum atomic E-state index is 0.0628. The largest absolute Gasteiger partial charge is 0.328 e. The lowest BCUT2D eigenvalue weighted by Gasteiger charge is -2.21. The van der Waals surface area contributed by atoms with Crippen LogP contribution in [0.5, 0.6) is 0 Å². The molecule has 0 unspecified atom stereocenters. The molecule has 1 aliphatic carbocycles. The number of hydrogen-bond donors (Lipinski definition) is 1. The van der Waals surface area contributed by atoms with Crippen LogP contribution in [0.1, 0.15) is 28.2 Å². The molecule has 0 saturated carbocycles. The van der Waals surface area contributed by atoms with Gasteiger partial charge in [0.2, 0.25) is 11.9 Å². The first-order valence-electron chi connectivity index (χ1n) is 6.08. The number of hydrogen-bond acceptors (Lipinski definition) is 4. The van der Waals surface area contributed by atoms with Gasteiger partial charge in [-0.3, -0.25) is 10.1 Å². The molecule has 0 aromatic carbocycles. The number of nitrogens with zero attached hydrogens (tertiary/aromatic N) is 2. The molecule has 2 aliphatic heterocycles. The maximum atomic E-state index is 11.3. The first kappa shape index (κ1) is 9.65. The molecule has 4 rings (SSSR count). The van der Waals surface area contributed by atoms with Crippen LogP contribution in [0.4, 0.5) is 5.69 Å². The smallest absolute Gasteiger partial charge is 0.246 e. The van der Waals surface area contributed by atoms with Gasteiger partial charge in [-0.2, -0.15) is 0 Å². The summed E-state index contributed by atoms with van der Waals surface area (Å²) in [6.07, 6.45) is 4.95. The highest BCUT2D eigenvalue weighted by Gasteiger charge is 2.32. The quantitative estimate of drug-likeness (QED) is 0.756. The van der Waals surface area contributed by atoms with Crippen molar-refractivity contribution in [3.05, 3.63) is 15.3 Å². The number of guanidine groups is 1. The summed E-state index contributed by atoms with van der Waals surface area (Å²) in [4.78, 5) is 20.9. The maximum Gasteiger partial charge on any atom is 0.246 e. The third kappa shape index (κ3) is 1.35. The number of nitrogens with one attached hydrogen (secondary N) is 1. The van der Waals surface area contributed by atoms with Crippen molar-refractivity contribution in [3.63, 3.8) is 0 Å². The van der Waals surface area contributed by atoms with Crippen molar-refractivity contribution in [2.75, 3.05) is 6.54 Å². The molecule has 17 heavy (non-hydrogen) atoms. The number of amides is 1. The fourth-order valence-corrected chi connectivity index (χ4v) is 4.19. The predicted octanol–water partition coefficient (Wildman–Crippen LogP) is 1.56. The van der Waals surface area contributed by atoms with Crippen LogP contribution in [-0.2, 0) is 24.2 Å². The minimum Gasteiger partial charge on any atom is -0.328 e. The molecule has 1 amide bonds. The molecule has 4 nitrogen and oxygen atoms in total. The molecule has 1 saturated heterocycles. The van der Waals surface area contributed by atoms with Gasteiger partial charge in [-0.15, -0.1) is 11.3 Å². The van der Waals surface area contributed by atoms with E-state index in [-0.39, 0.29) is 5.91 Å². The van der Waals surface area contributed by atoms with E-state index in [1.54, 1.807) is 0 Å². The lowest BCUT2D eigenvalue weighted by molar-refractivity contribution is -0.118. The lowest BCUT2D eigenvalue weighted by atomic mass is 9.97. The molecule has 3 heterocycles. The number of rotatable bonds is 0. The summed E-state index contributed by atoms with van der Waals surface area (Å²) in [6, 6.07) is 0. The molecule has 3 aliphatic rings. The van der Waals surface area contributed by atoms with Gasteiger partial charge in [0.1, 0.15) is 6.54 Å². The topological polar surface area (TPSA) is 44.7 Å². The van der Waals surface area contributed by atoms with Crippen molar-refractivity contribution in [2.24, 2.45) is 4.99 Å². The van der Waals surface area contributed by atoms with Crippen molar-refractivity contribution >= 4 is 28.9 Å². The summed E-state index contributed by atoms with van der Waals surface area (Å²) in [5, 5.41) is 2.83.